The van der Waals surface area contributed by atoms with E-state index >= 15 is 0 Å². The molecule has 1 heterocycles. The number of nitrogens with one attached hydrogen (secondary N) is 2. The van der Waals surface area contributed by atoms with Crippen LogP contribution < -0.4 is 10.6 Å². The Kier molecular flexibility index (Phi) is 8.97. The zero-order chi connectivity index (χ0) is 21.2. The minimum absolute atomic E-state index is 0.360. The van der Waals surface area contributed by atoms with Gasteiger partial charge in [0.05, 0.1) is 0 Å². The minimum atomic E-state index is 0.360. The molecule has 0 spiro atoms. The van der Waals surface area contributed by atoms with E-state index in [0.717, 1.165) is 51.7 Å². The van der Waals surface area contributed by atoms with Crippen LogP contribution in [0.15, 0.2) is 29.3 Å². The van der Waals surface area contributed by atoms with Gasteiger partial charge in [-0.05, 0) is 42.9 Å². The van der Waals surface area contributed by atoms with Crippen molar-refractivity contribution in [1.82, 2.24) is 20.4 Å². The summed E-state index contributed by atoms with van der Waals surface area (Å²) in [6.07, 6.45) is 6.36. The Labute approximate surface area is 183 Å². The maximum Gasteiger partial charge on any atom is 0.191 e. The molecular weight excluding hydrogens is 374 g/mol. The van der Waals surface area contributed by atoms with Crippen LogP contribution in [0.1, 0.15) is 43.2 Å². The molecule has 0 aromatic heterocycles. The van der Waals surface area contributed by atoms with Crippen LogP contribution in [0.5, 0.6) is 0 Å². The van der Waals surface area contributed by atoms with Crippen LogP contribution >= 0.6 is 0 Å². The van der Waals surface area contributed by atoms with Gasteiger partial charge in [0, 0.05) is 66.6 Å². The lowest BCUT2D eigenvalue weighted by Crippen LogP contribution is -2.43. The van der Waals surface area contributed by atoms with Crippen molar-refractivity contribution in [3.8, 4) is 0 Å². The number of likely N-dealkylation sites (N-methyl/N-ethyl adjacent to an activating group) is 1. The maximum absolute atomic E-state index is 5.35. The fourth-order valence-corrected chi connectivity index (χ4v) is 4.66. The zero-order valence-corrected chi connectivity index (χ0v) is 19.3. The summed E-state index contributed by atoms with van der Waals surface area (Å²) >= 11 is 0. The van der Waals surface area contributed by atoms with Gasteiger partial charge in [-0.3, -0.25) is 9.89 Å². The molecule has 2 N–H and O–H groups in total. The van der Waals surface area contributed by atoms with Crippen molar-refractivity contribution in [2.75, 3.05) is 60.5 Å². The number of benzene rings is 1. The molecule has 0 unspecified atom stereocenters. The molecule has 6 heteroatoms. The quantitative estimate of drug-likeness (QED) is 0.480. The van der Waals surface area contributed by atoms with Crippen LogP contribution in [0.4, 0.5) is 0 Å². The third kappa shape index (κ3) is 6.96. The van der Waals surface area contributed by atoms with E-state index in [-0.39, 0.29) is 0 Å². The molecule has 0 bridgehead atoms. The predicted octanol–water partition coefficient (Wildman–Crippen LogP) is 2.70. The highest BCUT2D eigenvalue weighted by molar-refractivity contribution is 5.79. The first-order valence-electron chi connectivity index (χ1n) is 11.5. The molecule has 0 atom stereocenters. The number of ether oxygens (including phenoxy) is 1. The van der Waals surface area contributed by atoms with Crippen LogP contribution in [-0.2, 0) is 17.8 Å². The van der Waals surface area contributed by atoms with E-state index in [1.807, 2.05) is 7.05 Å². The van der Waals surface area contributed by atoms with E-state index < -0.39 is 0 Å². The normalized spacial score (nSPS) is 20.4. The van der Waals surface area contributed by atoms with Gasteiger partial charge in [-0.15, -0.1) is 0 Å². The molecule has 1 aliphatic carbocycles. The molecular formula is C24H41N5O. The highest BCUT2D eigenvalue weighted by atomic mass is 16.5. The average molecular weight is 416 g/mol. The second-order valence-corrected chi connectivity index (χ2v) is 9.13. The van der Waals surface area contributed by atoms with Crippen LogP contribution in [0.2, 0.25) is 0 Å². The highest BCUT2D eigenvalue weighted by Gasteiger charge is 2.33. The number of nitrogens with zero attached hydrogens (tertiary/aromatic N) is 3. The molecule has 30 heavy (non-hydrogen) atoms. The smallest absolute Gasteiger partial charge is 0.191 e. The zero-order valence-electron chi connectivity index (χ0n) is 19.3. The van der Waals surface area contributed by atoms with Crippen molar-refractivity contribution in [1.29, 1.82) is 0 Å². The Hall–Kier alpha value is -1.63. The summed E-state index contributed by atoms with van der Waals surface area (Å²) in [5.74, 6) is 0.889. The summed E-state index contributed by atoms with van der Waals surface area (Å²) in [4.78, 5) is 9.37. The van der Waals surface area contributed by atoms with Gasteiger partial charge in [-0.25, -0.2) is 0 Å². The number of hydrogen-bond acceptors (Lipinski definition) is 4. The van der Waals surface area contributed by atoms with Crippen molar-refractivity contribution in [3.63, 3.8) is 0 Å². The third-order valence-electron chi connectivity index (χ3n) is 6.84. The van der Waals surface area contributed by atoms with Crippen LogP contribution in [0, 0.1) is 5.41 Å². The SMILES string of the molecule is CN=C(NCc1ccc(CN2CCN(C)CC2)cc1)NCC1(CCOC)CCCC1. The molecule has 1 aromatic carbocycles. The number of rotatable bonds is 9. The molecule has 0 amide bonds. The molecule has 0 radical (unpaired) electrons. The third-order valence-corrected chi connectivity index (χ3v) is 6.84. The van der Waals surface area contributed by atoms with Crippen LogP contribution in [-0.4, -0.2) is 76.3 Å². The Balaban J connectivity index is 1.43. The summed E-state index contributed by atoms with van der Waals surface area (Å²) in [5, 5.41) is 7.05. The summed E-state index contributed by atoms with van der Waals surface area (Å²) in [6.45, 7) is 8.31. The molecule has 2 fully saturated rings. The summed E-state index contributed by atoms with van der Waals surface area (Å²) in [5.41, 5.74) is 3.04. The van der Waals surface area contributed by atoms with Crippen molar-refractivity contribution in [2.24, 2.45) is 10.4 Å². The van der Waals surface area contributed by atoms with E-state index in [9.17, 15) is 0 Å². The van der Waals surface area contributed by atoms with E-state index in [1.165, 1.54) is 49.9 Å². The Bertz CT molecular complexity index is 646. The Morgan fingerprint density at radius 2 is 1.70 bits per heavy atom. The lowest BCUT2D eigenvalue weighted by Gasteiger charge is -2.32. The largest absolute Gasteiger partial charge is 0.385 e. The second-order valence-electron chi connectivity index (χ2n) is 9.13. The van der Waals surface area contributed by atoms with Crippen LogP contribution in [0.25, 0.3) is 0 Å². The Morgan fingerprint density at radius 1 is 1.03 bits per heavy atom. The van der Waals surface area contributed by atoms with Gasteiger partial charge in [0.15, 0.2) is 5.96 Å². The minimum Gasteiger partial charge on any atom is -0.385 e. The summed E-state index contributed by atoms with van der Waals surface area (Å²) < 4.78 is 5.35. The summed E-state index contributed by atoms with van der Waals surface area (Å²) in [6, 6.07) is 9.01. The van der Waals surface area contributed by atoms with Gasteiger partial charge < -0.3 is 20.3 Å². The molecule has 3 rings (SSSR count). The number of hydrogen-bond donors (Lipinski definition) is 2. The second kappa shape index (κ2) is 11.7. The number of methoxy groups -OCH3 is 1. The van der Waals surface area contributed by atoms with Crippen molar-refractivity contribution < 1.29 is 4.74 Å². The molecule has 6 nitrogen and oxygen atoms in total. The lowest BCUT2D eigenvalue weighted by molar-refractivity contribution is 0.138. The van der Waals surface area contributed by atoms with Gasteiger partial charge in [-0.1, -0.05) is 37.1 Å². The maximum atomic E-state index is 5.35. The molecule has 1 saturated heterocycles. The number of guanidine groups is 1. The monoisotopic (exact) mass is 415 g/mol. The van der Waals surface area contributed by atoms with Gasteiger partial charge >= 0.3 is 0 Å². The van der Waals surface area contributed by atoms with E-state index in [1.54, 1.807) is 7.11 Å². The first kappa shape index (κ1) is 23.0. The fourth-order valence-electron chi connectivity index (χ4n) is 4.66. The van der Waals surface area contributed by atoms with E-state index in [2.05, 4.69) is 56.7 Å². The number of piperazine rings is 1. The molecule has 1 aromatic rings. The molecule has 1 aliphatic heterocycles. The van der Waals surface area contributed by atoms with Gasteiger partial charge in [0.25, 0.3) is 0 Å². The van der Waals surface area contributed by atoms with Gasteiger partial charge in [-0.2, -0.15) is 0 Å². The van der Waals surface area contributed by atoms with Gasteiger partial charge in [0.1, 0.15) is 0 Å². The van der Waals surface area contributed by atoms with Gasteiger partial charge in [0.2, 0.25) is 0 Å². The van der Waals surface area contributed by atoms with E-state index in [4.69, 9.17) is 4.74 Å². The summed E-state index contributed by atoms with van der Waals surface area (Å²) in [7, 11) is 5.85. The fraction of sp³-hybridized carbons (Fsp3) is 0.708. The Morgan fingerprint density at radius 3 is 2.33 bits per heavy atom. The average Bonchev–Trinajstić information content (AvgIpc) is 3.24. The van der Waals surface area contributed by atoms with Crippen molar-refractivity contribution in [2.45, 2.75) is 45.2 Å². The first-order chi connectivity index (χ1) is 14.6. The van der Waals surface area contributed by atoms with E-state index in [0.29, 0.717) is 5.41 Å². The highest BCUT2D eigenvalue weighted by Crippen LogP contribution is 2.40. The first-order valence-corrected chi connectivity index (χ1v) is 11.5. The predicted molar refractivity (Wildman–Crippen MR) is 125 cm³/mol. The number of aliphatic imine (C=N–C) groups is 1. The van der Waals surface area contributed by atoms with Crippen molar-refractivity contribution in [3.05, 3.63) is 35.4 Å². The standard InChI is InChI=1S/C24H41N5O/c1-25-23(27-20-24(12-17-30-3)10-4-5-11-24)26-18-21-6-8-22(9-7-21)19-29-15-13-28(2)14-16-29/h6-9H,4-5,10-20H2,1-3H3,(H2,25,26,27). The van der Waals surface area contributed by atoms with Crippen LogP contribution in [0.3, 0.4) is 0 Å². The lowest BCUT2D eigenvalue weighted by atomic mass is 9.83. The molecule has 2 aliphatic rings. The molecule has 168 valence electrons. The molecule has 1 saturated carbocycles. The topological polar surface area (TPSA) is 52.1 Å². The van der Waals surface area contributed by atoms with Crippen molar-refractivity contribution >= 4 is 5.96 Å².